The van der Waals surface area contributed by atoms with Gasteiger partial charge in [-0.2, -0.15) is 0 Å². The average molecular weight is 276 g/mol. The van der Waals surface area contributed by atoms with E-state index in [-0.39, 0.29) is 5.91 Å². The average Bonchev–Trinajstić information content (AvgIpc) is 2.93. The molecule has 1 atom stereocenters. The molecular weight excluding hydrogens is 252 g/mol. The molecule has 1 unspecified atom stereocenters. The highest BCUT2D eigenvalue weighted by Gasteiger charge is 2.40. The Morgan fingerprint density at radius 2 is 1.90 bits per heavy atom. The lowest BCUT2D eigenvalue weighted by Gasteiger charge is -2.35. The number of furan rings is 1. The Morgan fingerprint density at radius 1 is 1.15 bits per heavy atom. The van der Waals surface area contributed by atoms with E-state index >= 15 is 0 Å². The monoisotopic (exact) mass is 276 g/mol. The summed E-state index contributed by atoms with van der Waals surface area (Å²) in [5.74, 6) is 1.34. The van der Waals surface area contributed by atoms with E-state index in [0.717, 1.165) is 31.7 Å². The summed E-state index contributed by atoms with van der Waals surface area (Å²) in [6, 6.07) is 3.65. The molecule has 1 spiro atoms. The zero-order valence-electron chi connectivity index (χ0n) is 12.5. The van der Waals surface area contributed by atoms with Crippen LogP contribution >= 0.6 is 0 Å². The summed E-state index contributed by atoms with van der Waals surface area (Å²) in [7, 11) is 2.24. The standard InChI is InChI=1S/C16H24N2O2/c1-13-5-6-14(20-13)15(19)18-11-4-8-16(9-12-18)7-3-10-17(16)2/h5-6H,3-4,7-12H2,1-2H3. The molecule has 0 aliphatic carbocycles. The molecule has 20 heavy (non-hydrogen) atoms. The number of carbonyl (C=O) groups is 1. The molecule has 1 amide bonds. The largest absolute Gasteiger partial charge is 0.456 e. The van der Waals surface area contributed by atoms with Gasteiger partial charge in [0.05, 0.1) is 0 Å². The van der Waals surface area contributed by atoms with Crippen LogP contribution < -0.4 is 0 Å². The van der Waals surface area contributed by atoms with Gasteiger partial charge in [0.15, 0.2) is 5.76 Å². The third-order valence-electron chi connectivity index (χ3n) is 5.10. The van der Waals surface area contributed by atoms with Crippen molar-refractivity contribution >= 4 is 5.91 Å². The summed E-state index contributed by atoms with van der Waals surface area (Å²) in [5.41, 5.74) is 0.341. The molecule has 4 heteroatoms. The van der Waals surface area contributed by atoms with E-state index in [0.29, 0.717) is 11.3 Å². The van der Waals surface area contributed by atoms with Crippen molar-refractivity contribution in [2.45, 2.75) is 44.6 Å². The van der Waals surface area contributed by atoms with E-state index in [1.54, 1.807) is 6.07 Å². The molecular formula is C16H24N2O2. The lowest BCUT2D eigenvalue weighted by molar-refractivity contribution is 0.0716. The number of likely N-dealkylation sites (tertiary alicyclic amines) is 2. The SMILES string of the molecule is Cc1ccc(C(=O)N2CCCC3(CCCN3C)CC2)o1. The van der Waals surface area contributed by atoms with E-state index < -0.39 is 0 Å². The third kappa shape index (κ3) is 2.37. The summed E-state index contributed by atoms with van der Waals surface area (Å²) >= 11 is 0. The Morgan fingerprint density at radius 3 is 2.50 bits per heavy atom. The van der Waals surface area contributed by atoms with Gasteiger partial charge >= 0.3 is 0 Å². The highest BCUT2D eigenvalue weighted by Crippen LogP contribution is 2.37. The molecule has 1 aromatic rings. The predicted molar refractivity (Wildman–Crippen MR) is 77.8 cm³/mol. The van der Waals surface area contributed by atoms with Gasteiger partial charge in [0, 0.05) is 18.6 Å². The van der Waals surface area contributed by atoms with E-state index in [4.69, 9.17) is 4.42 Å². The van der Waals surface area contributed by atoms with Gasteiger partial charge in [-0.1, -0.05) is 0 Å². The maximum absolute atomic E-state index is 12.5. The second-order valence-corrected chi connectivity index (χ2v) is 6.31. The van der Waals surface area contributed by atoms with E-state index in [9.17, 15) is 4.79 Å². The quantitative estimate of drug-likeness (QED) is 0.791. The van der Waals surface area contributed by atoms with E-state index in [2.05, 4.69) is 11.9 Å². The van der Waals surface area contributed by atoms with Crippen molar-refractivity contribution in [3.05, 3.63) is 23.7 Å². The number of hydrogen-bond acceptors (Lipinski definition) is 3. The van der Waals surface area contributed by atoms with Crippen molar-refractivity contribution in [1.29, 1.82) is 0 Å². The van der Waals surface area contributed by atoms with Gasteiger partial charge < -0.3 is 14.2 Å². The first kappa shape index (κ1) is 13.7. The van der Waals surface area contributed by atoms with Crippen LogP contribution in [-0.4, -0.2) is 47.9 Å². The number of nitrogens with zero attached hydrogens (tertiary/aromatic N) is 2. The Kier molecular flexibility index (Phi) is 3.59. The van der Waals surface area contributed by atoms with Crippen molar-refractivity contribution in [2.75, 3.05) is 26.7 Å². The summed E-state index contributed by atoms with van der Waals surface area (Å²) in [6.07, 6.45) is 5.97. The second kappa shape index (κ2) is 5.24. The Bertz CT molecular complexity index is 496. The number of amides is 1. The van der Waals surface area contributed by atoms with Crippen LogP contribution in [0.3, 0.4) is 0 Å². The topological polar surface area (TPSA) is 36.7 Å². The fourth-order valence-corrected chi connectivity index (χ4v) is 3.79. The molecule has 2 fully saturated rings. The Labute approximate surface area is 120 Å². The summed E-state index contributed by atoms with van der Waals surface area (Å²) in [6.45, 7) is 4.78. The van der Waals surface area contributed by atoms with Crippen LogP contribution in [0.1, 0.15) is 48.4 Å². The smallest absolute Gasteiger partial charge is 0.289 e. The summed E-state index contributed by atoms with van der Waals surface area (Å²) < 4.78 is 5.48. The van der Waals surface area contributed by atoms with E-state index in [1.165, 1.54) is 25.8 Å². The lowest BCUT2D eigenvalue weighted by Crippen LogP contribution is -2.42. The molecule has 0 aromatic carbocycles. The molecule has 110 valence electrons. The second-order valence-electron chi connectivity index (χ2n) is 6.31. The lowest BCUT2D eigenvalue weighted by atomic mass is 9.88. The van der Waals surface area contributed by atoms with Crippen LogP contribution in [0.25, 0.3) is 0 Å². The van der Waals surface area contributed by atoms with Gasteiger partial charge in [-0.25, -0.2) is 0 Å². The highest BCUT2D eigenvalue weighted by molar-refractivity contribution is 5.91. The maximum Gasteiger partial charge on any atom is 0.289 e. The summed E-state index contributed by atoms with van der Waals surface area (Å²) in [4.78, 5) is 17.0. The minimum atomic E-state index is 0.0517. The highest BCUT2D eigenvalue weighted by atomic mass is 16.3. The zero-order chi connectivity index (χ0) is 14.2. The van der Waals surface area contributed by atoms with Crippen LogP contribution in [0.4, 0.5) is 0 Å². The number of aryl methyl sites for hydroxylation is 1. The number of rotatable bonds is 1. The summed E-state index contributed by atoms with van der Waals surface area (Å²) in [5, 5.41) is 0. The third-order valence-corrected chi connectivity index (χ3v) is 5.10. The molecule has 4 nitrogen and oxygen atoms in total. The molecule has 2 saturated heterocycles. The van der Waals surface area contributed by atoms with Crippen LogP contribution in [0.5, 0.6) is 0 Å². The van der Waals surface area contributed by atoms with Crippen molar-refractivity contribution < 1.29 is 9.21 Å². The molecule has 2 aliphatic heterocycles. The molecule has 3 heterocycles. The van der Waals surface area contributed by atoms with Crippen LogP contribution in [-0.2, 0) is 0 Å². The maximum atomic E-state index is 12.5. The molecule has 2 aliphatic rings. The van der Waals surface area contributed by atoms with Crippen molar-refractivity contribution in [1.82, 2.24) is 9.80 Å². The molecule has 0 saturated carbocycles. The van der Waals surface area contributed by atoms with E-state index in [1.807, 2.05) is 17.9 Å². The van der Waals surface area contributed by atoms with Crippen molar-refractivity contribution in [2.24, 2.45) is 0 Å². The number of hydrogen-bond donors (Lipinski definition) is 0. The minimum Gasteiger partial charge on any atom is -0.456 e. The van der Waals surface area contributed by atoms with Gasteiger partial charge in [0.1, 0.15) is 5.76 Å². The fourth-order valence-electron chi connectivity index (χ4n) is 3.79. The van der Waals surface area contributed by atoms with Crippen molar-refractivity contribution in [3.63, 3.8) is 0 Å². The normalized spacial score (nSPS) is 28.0. The first-order valence-corrected chi connectivity index (χ1v) is 7.68. The van der Waals surface area contributed by atoms with Crippen molar-refractivity contribution in [3.8, 4) is 0 Å². The van der Waals surface area contributed by atoms with Gasteiger partial charge in [-0.05, 0) is 64.8 Å². The fraction of sp³-hybridized carbons (Fsp3) is 0.688. The first-order valence-electron chi connectivity index (χ1n) is 7.68. The van der Waals surface area contributed by atoms with Crippen LogP contribution in [0.2, 0.25) is 0 Å². The zero-order valence-corrected chi connectivity index (χ0v) is 12.5. The van der Waals surface area contributed by atoms with Gasteiger partial charge in [-0.15, -0.1) is 0 Å². The van der Waals surface area contributed by atoms with Gasteiger partial charge in [0.25, 0.3) is 5.91 Å². The Hall–Kier alpha value is -1.29. The molecule has 0 N–H and O–H groups in total. The molecule has 3 rings (SSSR count). The minimum absolute atomic E-state index is 0.0517. The molecule has 1 aromatic heterocycles. The van der Waals surface area contributed by atoms with Crippen LogP contribution in [0, 0.1) is 6.92 Å². The first-order chi connectivity index (χ1) is 9.61. The number of carbonyl (C=O) groups excluding carboxylic acids is 1. The van der Waals surface area contributed by atoms with Gasteiger partial charge in [-0.3, -0.25) is 4.79 Å². The van der Waals surface area contributed by atoms with Gasteiger partial charge in [0.2, 0.25) is 0 Å². The molecule has 0 bridgehead atoms. The van der Waals surface area contributed by atoms with Crippen LogP contribution in [0.15, 0.2) is 16.5 Å². The predicted octanol–water partition coefficient (Wildman–Crippen LogP) is 2.68. The molecule has 0 radical (unpaired) electrons. The Balaban J connectivity index is 1.70.